The first-order valence-corrected chi connectivity index (χ1v) is 10.9. The van der Waals surface area contributed by atoms with E-state index in [0.29, 0.717) is 11.8 Å². The summed E-state index contributed by atoms with van der Waals surface area (Å²) in [6, 6.07) is 0. The highest BCUT2D eigenvalue weighted by atomic mass is 16.7. The lowest BCUT2D eigenvalue weighted by molar-refractivity contribution is -0.320. The molecule has 11 atom stereocenters. The molecule has 0 aromatic rings. The maximum absolute atomic E-state index is 10.3. The molecule has 3 fully saturated rings. The first kappa shape index (κ1) is 23.5. The molecule has 0 aromatic carbocycles. The van der Waals surface area contributed by atoms with Crippen LogP contribution in [0.4, 0.5) is 0 Å². The van der Waals surface area contributed by atoms with Gasteiger partial charge in [0, 0.05) is 0 Å². The highest BCUT2D eigenvalue weighted by Gasteiger charge is 2.52. The Balaban J connectivity index is 1.33. The van der Waals surface area contributed by atoms with E-state index in [9.17, 15) is 30.6 Å². The first-order valence-electron chi connectivity index (χ1n) is 10.9. The molecule has 5 aliphatic rings. The Labute approximate surface area is 181 Å². The summed E-state index contributed by atoms with van der Waals surface area (Å²) in [5, 5.41) is 60.0. The molecule has 2 aliphatic heterocycles. The van der Waals surface area contributed by atoms with E-state index in [-0.39, 0.29) is 25.2 Å². The summed E-state index contributed by atoms with van der Waals surface area (Å²) in [5.41, 5.74) is 1.38. The van der Waals surface area contributed by atoms with Gasteiger partial charge in [-0.3, -0.25) is 0 Å². The Morgan fingerprint density at radius 2 is 1.65 bits per heavy atom. The van der Waals surface area contributed by atoms with Crippen molar-refractivity contribution in [1.29, 1.82) is 0 Å². The van der Waals surface area contributed by atoms with Crippen LogP contribution in [0.1, 0.15) is 26.7 Å². The summed E-state index contributed by atoms with van der Waals surface area (Å²) in [6.07, 6.45) is -7.72. The standard InChI is InChI=1S/C21H34O10/c1-21(2)10-4-3-9(11(21)5-10)6-28-20-18(27)16(25)15(24)13(31-20)8-30-19-17(26)14(23)12(22)7-29-19/h3,10-20,22-27H,4-8H2,1-2H3/t10-,11-,12-,13+,14-,15+,16-,17-,18+,19+,20+/m0/s1. The molecule has 0 aromatic heterocycles. The minimum Gasteiger partial charge on any atom is -0.388 e. The maximum atomic E-state index is 10.3. The fraction of sp³-hybridized carbons (Fsp3) is 0.905. The number of aliphatic hydroxyl groups is 6. The van der Waals surface area contributed by atoms with Crippen molar-refractivity contribution in [3.8, 4) is 0 Å². The van der Waals surface area contributed by atoms with E-state index in [1.165, 1.54) is 0 Å². The topological polar surface area (TPSA) is 158 Å². The number of aliphatic hydroxyl groups excluding tert-OH is 6. The number of hydrogen-bond donors (Lipinski definition) is 6. The summed E-state index contributed by atoms with van der Waals surface area (Å²) in [7, 11) is 0. The molecular formula is C21H34O10. The molecule has 10 nitrogen and oxygen atoms in total. The first-order chi connectivity index (χ1) is 14.6. The van der Waals surface area contributed by atoms with Crippen molar-refractivity contribution < 1.29 is 49.6 Å². The van der Waals surface area contributed by atoms with Gasteiger partial charge in [-0.25, -0.2) is 0 Å². The summed E-state index contributed by atoms with van der Waals surface area (Å²) < 4.78 is 22.0. The summed E-state index contributed by atoms with van der Waals surface area (Å²) in [5.74, 6) is 1.11. The van der Waals surface area contributed by atoms with Gasteiger partial charge in [0.25, 0.3) is 0 Å². The van der Waals surface area contributed by atoms with Crippen LogP contribution in [0.25, 0.3) is 0 Å². The maximum Gasteiger partial charge on any atom is 0.187 e. The number of fused-ring (bicyclic) bond motifs is 1. The van der Waals surface area contributed by atoms with Crippen LogP contribution >= 0.6 is 0 Å². The molecule has 1 saturated carbocycles. The van der Waals surface area contributed by atoms with Gasteiger partial charge in [0.1, 0.15) is 42.7 Å². The van der Waals surface area contributed by atoms with Crippen molar-refractivity contribution in [1.82, 2.24) is 0 Å². The molecule has 31 heavy (non-hydrogen) atoms. The van der Waals surface area contributed by atoms with Crippen molar-refractivity contribution in [2.24, 2.45) is 17.3 Å². The Kier molecular flexibility index (Phi) is 6.78. The molecule has 0 amide bonds. The van der Waals surface area contributed by atoms with Gasteiger partial charge < -0.3 is 49.6 Å². The summed E-state index contributed by atoms with van der Waals surface area (Å²) in [6.45, 7) is 4.23. The van der Waals surface area contributed by atoms with Crippen molar-refractivity contribution in [2.45, 2.75) is 82.0 Å². The third-order valence-corrected chi connectivity index (χ3v) is 7.54. The van der Waals surface area contributed by atoms with Crippen molar-refractivity contribution in [3.05, 3.63) is 11.6 Å². The Morgan fingerprint density at radius 3 is 2.32 bits per heavy atom. The highest BCUT2D eigenvalue weighted by Crippen LogP contribution is 2.59. The van der Waals surface area contributed by atoms with Gasteiger partial charge >= 0.3 is 0 Å². The van der Waals surface area contributed by atoms with Gasteiger partial charge in [-0.2, -0.15) is 0 Å². The lowest BCUT2D eigenvalue weighted by atomic mass is 9.49. The van der Waals surface area contributed by atoms with Gasteiger partial charge in [-0.15, -0.1) is 0 Å². The fourth-order valence-electron chi connectivity index (χ4n) is 5.13. The van der Waals surface area contributed by atoms with Gasteiger partial charge in [-0.1, -0.05) is 19.9 Å². The van der Waals surface area contributed by atoms with E-state index in [4.69, 9.17) is 18.9 Å². The molecule has 2 saturated heterocycles. The van der Waals surface area contributed by atoms with Crippen LogP contribution < -0.4 is 0 Å². The van der Waals surface area contributed by atoms with Gasteiger partial charge in [0.2, 0.25) is 0 Å². The zero-order valence-electron chi connectivity index (χ0n) is 17.8. The molecule has 3 aliphatic carbocycles. The molecule has 2 heterocycles. The SMILES string of the molecule is CC1(C)[C@H]2CC=C(CO[C@@H]3O[C@H](CO[C@H]4OC[C@H](O)[C@H](O)[C@@H]4O)[C@@H](O)[C@H](O)[C@H]3O)[C@@H]1C2. The summed E-state index contributed by atoms with van der Waals surface area (Å²) in [4.78, 5) is 0. The molecular weight excluding hydrogens is 412 g/mol. The number of hydrogen-bond acceptors (Lipinski definition) is 10. The number of allylic oxidation sites excluding steroid dienone is 1. The van der Waals surface area contributed by atoms with Gasteiger partial charge in [0.05, 0.1) is 19.8 Å². The average molecular weight is 446 g/mol. The van der Waals surface area contributed by atoms with E-state index in [2.05, 4.69) is 19.9 Å². The van der Waals surface area contributed by atoms with Crippen LogP contribution in [0, 0.1) is 17.3 Å². The van der Waals surface area contributed by atoms with Crippen molar-refractivity contribution in [3.63, 3.8) is 0 Å². The second-order valence-corrected chi connectivity index (χ2v) is 9.73. The summed E-state index contributed by atoms with van der Waals surface area (Å²) >= 11 is 0. The van der Waals surface area contributed by atoms with Crippen molar-refractivity contribution >= 4 is 0 Å². The molecule has 0 unspecified atom stereocenters. The van der Waals surface area contributed by atoms with E-state index in [1.54, 1.807) is 0 Å². The largest absolute Gasteiger partial charge is 0.388 e. The lowest BCUT2D eigenvalue weighted by Gasteiger charge is -2.56. The van der Waals surface area contributed by atoms with Gasteiger partial charge in [-0.05, 0) is 35.7 Å². The number of rotatable bonds is 6. The Morgan fingerprint density at radius 1 is 0.935 bits per heavy atom. The Bertz CT molecular complexity index is 669. The average Bonchev–Trinajstić information content (AvgIpc) is 2.75. The molecule has 0 radical (unpaired) electrons. The zero-order valence-corrected chi connectivity index (χ0v) is 17.8. The molecule has 0 spiro atoms. The van der Waals surface area contributed by atoms with E-state index in [0.717, 1.165) is 18.4 Å². The minimum atomic E-state index is -1.51. The normalized spacial score (nSPS) is 49.3. The van der Waals surface area contributed by atoms with E-state index < -0.39 is 55.3 Å². The fourth-order valence-corrected chi connectivity index (χ4v) is 5.13. The van der Waals surface area contributed by atoms with Crippen LogP contribution in [0.2, 0.25) is 0 Å². The van der Waals surface area contributed by atoms with Gasteiger partial charge in [0.15, 0.2) is 12.6 Å². The third-order valence-electron chi connectivity index (χ3n) is 7.54. The number of ether oxygens (including phenoxy) is 4. The quantitative estimate of drug-likeness (QED) is 0.259. The predicted octanol–water partition coefficient (Wildman–Crippen LogP) is -1.74. The zero-order chi connectivity index (χ0) is 22.5. The second kappa shape index (κ2) is 8.94. The monoisotopic (exact) mass is 446 g/mol. The van der Waals surface area contributed by atoms with E-state index >= 15 is 0 Å². The predicted molar refractivity (Wildman–Crippen MR) is 104 cm³/mol. The van der Waals surface area contributed by atoms with Crippen LogP contribution in [0.3, 0.4) is 0 Å². The smallest absolute Gasteiger partial charge is 0.187 e. The minimum absolute atomic E-state index is 0.225. The van der Waals surface area contributed by atoms with Crippen molar-refractivity contribution in [2.75, 3.05) is 19.8 Å². The lowest BCUT2D eigenvalue weighted by Crippen LogP contribution is -2.60. The molecule has 5 rings (SSSR count). The van der Waals surface area contributed by atoms with E-state index in [1.807, 2.05) is 0 Å². The van der Waals surface area contributed by atoms with Crippen LogP contribution in [-0.2, 0) is 18.9 Å². The van der Waals surface area contributed by atoms with Crippen LogP contribution in [-0.4, -0.2) is 106 Å². The molecule has 10 heteroatoms. The highest BCUT2D eigenvalue weighted by molar-refractivity contribution is 5.23. The molecule has 178 valence electrons. The second-order valence-electron chi connectivity index (χ2n) is 9.73. The third kappa shape index (κ3) is 4.31. The van der Waals surface area contributed by atoms with Crippen LogP contribution in [0.5, 0.6) is 0 Å². The molecule has 2 bridgehead atoms. The van der Waals surface area contributed by atoms with Crippen LogP contribution in [0.15, 0.2) is 11.6 Å². The molecule has 6 N–H and O–H groups in total. The Hall–Kier alpha value is -0.660.